The number of rotatable bonds is 2. The first-order valence-corrected chi connectivity index (χ1v) is 4.92. The Kier molecular flexibility index (Phi) is 1.85. The highest BCUT2D eigenvalue weighted by atomic mass is 16.5. The zero-order chi connectivity index (χ0) is 8.60. The SMILES string of the molecule is CCC[C@@]12CC[C@@H]1CC(=O)OC2. The average molecular weight is 168 g/mol. The Morgan fingerprint density at radius 3 is 3.00 bits per heavy atom. The van der Waals surface area contributed by atoms with Crippen LogP contribution in [-0.2, 0) is 9.53 Å². The minimum atomic E-state index is 0.0198. The number of carbonyl (C=O) groups is 1. The van der Waals surface area contributed by atoms with Crippen LogP contribution in [0.2, 0.25) is 0 Å². The van der Waals surface area contributed by atoms with Crippen LogP contribution in [0.15, 0.2) is 0 Å². The molecule has 0 amide bonds. The van der Waals surface area contributed by atoms with Gasteiger partial charge < -0.3 is 4.74 Å². The van der Waals surface area contributed by atoms with Gasteiger partial charge in [0.2, 0.25) is 0 Å². The molecule has 1 aliphatic carbocycles. The highest BCUT2D eigenvalue weighted by Gasteiger charge is 2.50. The Morgan fingerprint density at radius 1 is 1.67 bits per heavy atom. The summed E-state index contributed by atoms with van der Waals surface area (Å²) >= 11 is 0. The molecule has 0 spiro atoms. The maximum atomic E-state index is 11.0. The Bertz CT molecular complexity index is 200. The van der Waals surface area contributed by atoms with E-state index in [1.165, 1.54) is 25.7 Å². The van der Waals surface area contributed by atoms with Crippen molar-refractivity contribution in [1.29, 1.82) is 0 Å². The minimum absolute atomic E-state index is 0.0198. The predicted molar refractivity (Wildman–Crippen MR) is 45.6 cm³/mol. The molecule has 0 aromatic rings. The molecule has 2 rings (SSSR count). The molecule has 1 saturated carbocycles. The van der Waals surface area contributed by atoms with Gasteiger partial charge in [-0.15, -0.1) is 0 Å². The molecular formula is C10H16O2. The van der Waals surface area contributed by atoms with E-state index in [-0.39, 0.29) is 5.97 Å². The number of hydrogen-bond donors (Lipinski definition) is 0. The number of hydrogen-bond acceptors (Lipinski definition) is 2. The molecule has 2 aliphatic rings. The lowest BCUT2D eigenvalue weighted by Crippen LogP contribution is -2.49. The summed E-state index contributed by atoms with van der Waals surface area (Å²) in [5, 5.41) is 0. The predicted octanol–water partition coefficient (Wildman–Crippen LogP) is 2.13. The second-order valence-electron chi connectivity index (χ2n) is 4.21. The van der Waals surface area contributed by atoms with Gasteiger partial charge in [-0.25, -0.2) is 0 Å². The van der Waals surface area contributed by atoms with Crippen molar-refractivity contribution in [2.75, 3.05) is 6.61 Å². The van der Waals surface area contributed by atoms with Crippen LogP contribution in [0.4, 0.5) is 0 Å². The quantitative estimate of drug-likeness (QED) is 0.590. The molecule has 12 heavy (non-hydrogen) atoms. The molecule has 2 atom stereocenters. The molecule has 0 radical (unpaired) electrons. The van der Waals surface area contributed by atoms with Gasteiger partial charge in [0.1, 0.15) is 0 Å². The number of cyclic esters (lactones) is 1. The van der Waals surface area contributed by atoms with E-state index in [9.17, 15) is 4.79 Å². The Labute approximate surface area is 73.3 Å². The maximum Gasteiger partial charge on any atom is 0.306 e. The first-order chi connectivity index (χ1) is 5.77. The van der Waals surface area contributed by atoms with E-state index >= 15 is 0 Å². The summed E-state index contributed by atoms with van der Waals surface area (Å²) in [6.45, 7) is 2.91. The molecule has 2 fully saturated rings. The van der Waals surface area contributed by atoms with Crippen LogP contribution in [-0.4, -0.2) is 12.6 Å². The summed E-state index contributed by atoms with van der Waals surface area (Å²) in [4.78, 5) is 11.0. The average Bonchev–Trinajstić information content (AvgIpc) is 2.04. The number of carbonyl (C=O) groups excluding carboxylic acids is 1. The van der Waals surface area contributed by atoms with Gasteiger partial charge in [-0.05, 0) is 25.2 Å². The number of esters is 1. The van der Waals surface area contributed by atoms with Gasteiger partial charge in [0.15, 0.2) is 0 Å². The van der Waals surface area contributed by atoms with E-state index < -0.39 is 0 Å². The topological polar surface area (TPSA) is 26.3 Å². The standard InChI is InChI=1S/C10H16O2/c1-2-4-10-5-3-8(10)6-9(11)12-7-10/h8H,2-7H2,1H3/t8-,10+/m1/s1. The molecule has 0 aromatic carbocycles. The fourth-order valence-electron chi connectivity index (χ4n) is 2.65. The van der Waals surface area contributed by atoms with E-state index in [2.05, 4.69) is 6.92 Å². The molecule has 2 heteroatoms. The largest absolute Gasteiger partial charge is 0.465 e. The van der Waals surface area contributed by atoms with Gasteiger partial charge >= 0.3 is 5.97 Å². The third-order valence-corrected chi connectivity index (χ3v) is 3.54. The van der Waals surface area contributed by atoms with Crippen LogP contribution in [0, 0.1) is 11.3 Å². The normalized spacial score (nSPS) is 39.8. The lowest BCUT2D eigenvalue weighted by molar-refractivity contribution is -0.172. The molecular weight excluding hydrogens is 152 g/mol. The Hall–Kier alpha value is -0.530. The summed E-state index contributed by atoms with van der Waals surface area (Å²) in [5.41, 5.74) is 0.405. The van der Waals surface area contributed by atoms with Crippen LogP contribution in [0.1, 0.15) is 39.0 Å². The van der Waals surface area contributed by atoms with Crippen LogP contribution >= 0.6 is 0 Å². The van der Waals surface area contributed by atoms with Crippen molar-refractivity contribution in [3.63, 3.8) is 0 Å². The van der Waals surface area contributed by atoms with Crippen LogP contribution in [0.25, 0.3) is 0 Å². The van der Waals surface area contributed by atoms with Crippen molar-refractivity contribution in [1.82, 2.24) is 0 Å². The Morgan fingerprint density at radius 2 is 2.50 bits per heavy atom. The minimum Gasteiger partial charge on any atom is -0.465 e. The van der Waals surface area contributed by atoms with Crippen LogP contribution in [0.5, 0.6) is 0 Å². The van der Waals surface area contributed by atoms with Crippen LogP contribution < -0.4 is 0 Å². The summed E-state index contributed by atoms with van der Waals surface area (Å²) in [6, 6.07) is 0. The second kappa shape index (κ2) is 2.75. The molecule has 0 unspecified atom stereocenters. The van der Waals surface area contributed by atoms with Gasteiger partial charge in [-0.3, -0.25) is 4.79 Å². The van der Waals surface area contributed by atoms with Crippen molar-refractivity contribution in [3.8, 4) is 0 Å². The monoisotopic (exact) mass is 168 g/mol. The third-order valence-electron chi connectivity index (χ3n) is 3.54. The first kappa shape index (κ1) is 8.09. The van der Waals surface area contributed by atoms with Gasteiger partial charge in [0.25, 0.3) is 0 Å². The van der Waals surface area contributed by atoms with Crippen molar-refractivity contribution in [2.24, 2.45) is 11.3 Å². The smallest absolute Gasteiger partial charge is 0.306 e. The van der Waals surface area contributed by atoms with Gasteiger partial charge in [-0.1, -0.05) is 13.3 Å². The fraction of sp³-hybridized carbons (Fsp3) is 0.900. The van der Waals surface area contributed by atoms with Gasteiger partial charge in [0.05, 0.1) is 6.61 Å². The van der Waals surface area contributed by atoms with E-state index in [1.54, 1.807) is 0 Å². The second-order valence-corrected chi connectivity index (χ2v) is 4.21. The maximum absolute atomic E-state index is 11.0. The van der Waals surface area contributed by atoms with E-state index in [4.69, 9.17) is 4.74 Å². The first-order valence-electron chi connectivity index (χ1n) is 4.92. The summed E-state index contributed by atoms with van der Waals surface area (Å²) < 4.78 is 5.13. The van der Waals surface area contributed by atoms with Crippen molar-refractivity contribution in [2.45, 2.75) is 39.0 Å². The molecule has 1 heterocycles. The van der Waals surface area contributed by atoms with Crippen molar-refractivity contribution >= 4 is 5.97 Å². The number of ether oxygens (including phenoxy) is 1. The van der Waals surface area contributed by atoms with Gasteiger partial charge in [-0.2, -0.15) is 0 Å². The summed E-state index contributed by atoms with van der Waals surface area (Å²) in [7, 11) is 0. The highest BCUT2D eigenvalue weighted by molar-refractivity contribution is 5.71. The molecule has 1 saturated heterocycles. The van der Waals surface area contributed by atoms with E-state index in [0.29, 0.717) is 24.4 Å². The fourth-order valence-corrected chi connectivity index (χ4v) is 2.65. The molecule has 0 N–H and O–H groups in total. The van der Waals surface area contributed by atoms with Crippen molar-refractivity contribution < 1.29 is 9.53 Å². The zero-order valence-electron chi connectivity index (χ0n) is 7.64. The van der Waals surface area contributed by atoms with E-state index in [0.717, 1.165) is 0 Å². The molecule has 2 nitrogen and oxygen atoms in total. The Balaban J connectivity index is 2.02. The van der Waals surface area contributed by atoms with Gasteiger partial charge in [0, 0.05) is 11.8 Å². The van der Waals surface area contributed by atoms with Crippen LogP contribution in [0.3, 0.4) is 0 Å². The molecule has 0 bridgehead atoms. The highest BCUT2D eigenvalue weighted by Crippen LogP contribution is 2.53. The summed E-state index contributed by atoms with van der Waals surface area (Å²) in [5.74, 6) is 0.671. The molecule has 0 aromatic heterocycles. The number of fused-ring (bicyclic) bond motifs is 1. The van der Waals surface area contributed by atoms with E-state index in [1.807, 2.05) is 0 Å². The summed E-state index contributed by atoms with van der Waals surface area (Å²) in [6.07, 6.45) is 5.66. The lowest BCUT2D eigenvalue weighted by atomic mass is 9.56. The lowest BCUT2D eigenvalue weighted by Gasteiger charge is -2.51. The molecule has 68 valence electrons. The molecule has 1 aliphatic heterocycles. The van der Waals surface area contributed by atoms with Crippen molar-refractivity contribution in [3.05, 3.63) is 0 Å². The third kappa shape index (κ3) is 1.05. The zero-order valence-corrected chi connectivity index (χ0v) is 7.64.